The first-order valence-electron chi connectivity index (χ1n) is 7.89. The molecule has 25 heavy (non-hydrogen) atoms. The Bertz CT molecular complexity index is 815. The van der Waals surface area contributed by atoms with Gasteiger partial charge in [0.2, 0.25) is 5.91 Å². The minimum absolute atomic E-state index is 0.0414. The summed E-state index contributed by atoms with van der Waals surface area (Å²) in [5, 5.41) is 13.5. The quantitative estimate of drug-likeness (QED) is 0.603. The fraction of sp³-hybridized carbons (Fsp3) is 0.222. The van der Waals surface area contributed by atoms with Gasteiger partial charge in [-0.1, -0.05) is 12.1 Å². The highest BCUT2D eigenvalue weighted by Crippen LogP contribution is 2.30. The predicted octanol–water partition coefficient (Wildman–Crippen LogP) is 2.35. The van der Waals surface area contributed by atoms with Gasteiger partial charge in [0.25, 0.3) is 0 Å². The maximum absolute atomic E-state index is 12.6. The Labute approximate surface area is 149 Å². The number of hydrogen-bond donors (Lipinski definition) is 3. The fourth-order valence-corrected chi connectivity index (χ4v) is 3.44. The van der Waals surface area contributed by atoms with Crippen LogP contribution in [-0.2, 0) is 4.79 Å². The largest absolute Gasteiger partial charge is 0.491 e. The van der Waals surface area contributed by atoms with Crippen LogP contribution >= 0.6 is 11.3 Å². The Balaban J connectivity index is 1.72. The first-order valence-corrected chi connectivity index (χ1v) is 8.71. The summed E-state index contributed by atoms with van der Waals surface area (Å²) >= 11 is 1.48. The normalized spacial score (nSPS) is 12.1. The lowest BCUT2D eigenvalue weighted by molar-refractivity contribution is -0.117. The van der Waals surface area contributed by atoms with Gasteiger partial charge < -0.3 is 20.9 Å². The van der Waals surface area contributed by atoms with Crippen LogP contribution in [0.25, 0.3) is 10.1 Å². The van der Waals surface area contributed by atoms with Gasteiger partial charge in [-0.05, 0) is 35.2 Å². The SMILES string of the molecule is NCC(C(=O)Nc1cc2ccncc2s1)c1ccc(OCCO)cc1. The zero-order valence-corrected chi connectivity index (χ0v) is 14.3. The lowest BCUT2D eigenvalue weighted by Gasteiger charge is -2.15. The van der Waals surface area contributed by atoms with Crippen LogP contribution < -0.4 is 15.8 Å². The zero-order chi connectivity index (χ0) is 17.6. The molecule has 0 fully saturated rings. The number of benzene rings is 1. The summed E-state index contributed by atoms with van der Waals surface area (Å²) in [5.41, 5.74) is 6.64. The lowest BCUT2D eigenvalue weighted by Crippen LogP contribution is -2.27. The van der Waals surface area contributed by atoms with Crippen molar-refractivity contribution in [3.05, 3.63) is 54.4 Å². The first-order chi connectivity index (χ1) is 12.2. The second-order valence-electron chi connectivity index (χ2n) is 5.44. The number of anilines is 1. The molecule has 1 amide bonds. The molecule has 1 aromatic carbocycles. The minimum atomic E-state index is -0.449. The van der Waals surface area contributed by atoms with E-state index in [4.69, 9.17) is 15.6 Å². The molecule has 0 aliphatic heterocycles. The Hall–Kier alpha value is -2.48. The number of rotatable bonds is 7. The van der Waals surface area contributed by atoms with E-state index in [1.807, 2.05) is 24.3 Å². The number of aliphatic hydroxyl groups is 1. The molecule has 6 nitrogen and oxygen atoms in total. The van der Waals surface area contributed by atoms with Gasteiger partial charge in [0.1, 0.15) is 12.4 Å². The number of ether oxygens (including phenoxy) is 1. The number of carbonyl (C=O) groups is 1. The summed E-state index contributed by atoms with van der Waals surface area (Å²) in [5.74, 6) is 0.0484. The second-order valence-corrected chi connectivity index (χ2v) is 6.53. The van der Waals surface area contributed by atoms with Gasteiger partial charge in [-0.25, -0.2) is 0 Å². The molecule has 0 aliphatic carbocycles. The highest BCUT2D eigenvalue weighted by atomic mass is 32.1. The Kier molecular flexibility index (Phi) is 5.60. The third-order valence-corrected chi connectivity index (χ3v) is 4.76. The van der Waals surface area contributed by atoms with Crippen molar-refractivity contribution in [3.8, 4) is 5.75 Å². The molecule has 0 saturated heterocycles. The molecule has 0 aliphatic rings. The number of nitrogens with one attached hydrogen (secondary N) is 1. The van der Waals surface area contributed by atoms with Gasteiger partial charge in [-0.15, -0.1) is 11.3 Å². The van der Waals surface area contributed by atoms with Crippen molar-refractivity contribution in [2.24, 2.45) is 5.73 Å². The molecular formula is C18H19N3O3S. The Morgan fingerprint density at radius 3 is 2.80 bits per heavy atom. The number of nitrogens with zero attached hydrogens (tertiary/aromatic N) is 1. The molecule has 1 unspecified atom stereocenters. The van der Waals surface area contributed by atoms with Crippen molar-refractivity contribution in [2.75, 3.05) is 25.1 Å². The number of thiophene rings is 1. The molecule has 1 atom stereocenters. The van der Waals surface area contributed by atoms with Gasteiger partial charge in [-0.2, -0.15) is 0 Å². The second kappa shape index (κ2) is 8.06. The van der Waals surface area contributed by atoms with E-state index in [-0.39, 0.29) is 25.7 Å². The first kappa shape index (κ1) is 17.3. The number of aromatic nitrogens is 1. The third-order valence-electron chi connectivity index (χ3n) is 3.76. The van der Waals surface area contributed by atoms with Gasteiger partial charge in [0, 0.05) is 18.9 Å². The van der Waals surface area contributed by atoms with Crippen molar-refractivity contribution < 1.29 is 14.6 Å². The molecule has 3 rings (SSSR count). The molecule has 2 aromatic heterocycles. The van der Waals surface area contributed by atoms with E-state index >= 15 is 0 Å². The van der Waals surface area contributed by atoms with Crippen LogP contribution in [0.15, 0.2) is 48.8 Å². The average molecular weight is 357 g/mol. The van der Waals surface area contributed by atoms with E-state index in [1.54, 1.807) is 24.5 Å². The molecule has 4 N–H and O–H groups in total. The summed E-state index contributed by atoms with van der Waals surface area (Å²) in [4.78, 5) is 16.7. The lowest BCUT2D eigenvalue weighted by atomic mass is 9.98. The van der Waals surface area contributed by atoms with Crippen molar-refractivity contribution >= 4 is 32.3 Å². The van der Waals surface area contributed by atoms with Crippen LogP contribution in [0.1, 0.15) is 11.5 Å². The number of pyridine rings is 1. The monoisotopic (exact) mass is 357 g/mol. The number of amides is 1. The van der Waals surface area contributed by atoms with Crippen LogP contribution in [0.3, 0.4) is 0 Å². The number of fused-ring (bicyclic) bond motifs is 1. The minimum Gasteiger partial charge on any atom is -0.491 e. The highest BCUT2D eigenvalue weighted by molar-refractivity contribution is 7.22. The predicted molar refractivity (Wildman–Crippen MR) is 99.1 cm³/mol. The van der Waals surface area contributed by atoms with Crippen LogP contribution in [0.5, 0.6) is 5.75 Å². The Morgan fingerprint density at radius 1 is 1.32 bits per heavy atom. The molecular weight excluding hydrogens is 338 g/mol. The summed E-state index contributed by atoms with van der Waals surface area (Å²) in [6.45, 7) is 0.399. The molecule has 0 saturated carbocycles. The smallest absolute Gasteiger partial charge is 0.233 e. The van der Waals surface area contributed by atoms with E-state index in [2.05, 4.69) is 10.3 Å². The van der Waals surface area contributed by atoms with Crippen LogP contribution in [-0.4, -0.2) is 35.8 Å². The number of hydrogen-bond acceptors (Lipinski definition) is 6. The molecule has 0 radical (unpaired) electrons. The number of aliphatic hydroxyl groups excluding tert-OH is 1. The van der Waals surface area contributed by atoms with E-state index in [1.165, 1.54) is 11.3 Å². The van der Waals surface area contributed by atoms with E-state index in [9.17, 15) is 4.79 Å². The fourth-order valence-electron chi connectivity index (χ4n) is 2.51. The summed E-state index contributed by atoms with van der Waals surface area (Å²) in [7, 11) is 0. The standard InChI is InChI=1S/C18H19N3O3S/c19-10-15(12-1-3-14(4-2-12)24-8-7-22)18(23)21-17-9-13-5-6-20-11-16(13)25-17/h1-6,9,11,15,22H,7-8,10,19H2,(H,21,23). The molecule has 7 heteroatoms. The molecule has 130 valence electrons. The summed E-state index contributed by atoms with van der Waals surface area (Å²) in [6.07, 6.45) is 3.50. The molecule has 0 bridgehead atoms. The number of nitrogens with two attached hydrogens (primary N) is 1. The highest BCUT2D eigenvalue weighted by Gasteiger charge is 2.20. The van der Waals surface area contributed by atoms with Gasteiger partial charge >= 0.3 is 0 Å². The van der Waals surface area contributed by atoms with Crippen molar-refractivity contribution in [2.45, 2.75) is 5.92 Å². The third kappa shape index (κ3) is 4.14. The summed E-state index contributed by atoms with van der Waals surface area (Å²) in [6, 6.07) is 11.0. The zero-order valence-electron chi connectivity index (χ0n) is 13.5. The van der Waals surface area contributed by atoms with Gasteiger partial charge in [0.15, 0.2) is 0 Å². The van der Waals surface area contributed by atoms with Gasteiger partial charge in [0.05, 0.1) is 22.2 Å². The molecule has 2 heterocycles. The number of carbonyl (C=O) groups excluding carboxylic acids is 1. The van der Waals surface area contributed by atoms with E-state index < -0.39 is 5.92 Å². The topological polar surface area (TPSA) is 97.5 Å². The maximum Gasteiger partial charge on any atom is 0.233 e. The molecule has 3 aromatic rings. The summed E-state index contributed by atoms with van der Waals surface area (Å²) < 4.78 is 6.35. The van der Waals surface area contributed by atoms with E-state index in [0.29, 0.717) is 5.75 Å². The van der Waals surface area contributed by atoms with Crippen LogP contribution in [0.4, 0.5) is 5.00 Å². The van der Waals surface area contributed by atoms with Crippen LogP contribution in [0, 0.1) is 0 Å². The van der Waals surface area contributed by atoms with Gasteiger partial charge in [-0.3, -0.25) is 9.78 Å². The maximum atomic E-state index is 12.6. The van der Waals surface area contributed by atoms with Crippen LogP contribution in [0.2, 0.25) is 0 Å². The Morgan fingerprint density at radius 2 is 2.12 bits per heavy atom. The van der Waals surface area contributed by atoms with Crippen molar-refractivity contribution in [3.63, 3.8) is 0 Å². The molecule has 0 spiro atoms. The van der Waals surface area contributed by atoms with E-state index in [0.717, 1.165) is 20.7 Å². The van der Waals surface area contributed by atoms with Crippen molar-refractivity contribution in [1.29, 1.82) is 0 Å². The average Bonchev–Trinajstić information content (AvgIpc) is 3.03. The van der Waals surface area contributed by atoms with Crippen molar-refractivity contribution in [1.82, 2.24) is 4.98 Å².